The first-order chi connectivity index (χ1) is 8.63. The molecule has 1 aromatic carbocycles. The number of ether oxygens (including phenoxy) is 1. The molecule has 1 atom stereocenters. The lowest BCUT2D eigenvalue weighted by Gasteiger charge is -2.26. The van der Waals surface area contributed by atoms with Crippen molar-refractivity contribution in [3.8, 4) is 0 Å². The molecule has 0 bridgehead atoms. The van der Waals surface area contributed by atoms with E-state index in [1.54, 1.807) is 19.2 Å². The predicted molar refractivity (Wildman–Crippen MR) is 69.2 cm³/mol. The molecule has 0 spiro atoms. The van der Waals surface area contributed by atoms with Crippen molar-refractivity contribution in [1.82, 2.24) is 4.90 Å². The first-order valence-corrected chi connectivity index (χ1v) is 6.01. The van der Waals surface area contributed by atoms with Gasteiger partial charge in [-0.15, -0.1) is 0 Å². The third-order valence-electron chi connectivity index (χ3n) is 2.96. The SMILES string of the molecule is COCCN1C(N)=NCC1c1ccc(F)c(Cl)c1. The van der Waals surface area contributed by atoms with Crippen molar-refractivity contribution in [2.75, 3.05) is 26.8 Å². The molecule has 0 saturated heterocycles. The van der Waals surface area contributed by atoms with E-state index in [1.165, 1.54) is 6.07 Å². The summed E-state index contributed by atoms with van der Waals surface area (Å²) >= 11 is 5.79. The topological polar surface area (TPSA) is 50.9 Å². The highest BCUT2D eigenvalue weighted by atomic mass is 35.5. The maximum Gasteiger partial charge on any atom is 0.192 e. The molecule has 0 saturated carbocycles. The molecule has 0 aromatic heterocycles. The number of halogens is 2. The molecule has 1 heterocycles. The van der Waals surface area contributed by atoms with Gasteiger partial charge in [0, 0.05) is 13.7 Å². The molecule has 0 fully saturated rings. The van der Waals surface area contributed by atoms with E-state index < -0.39 is 5.82 Å². The molecule has 0 aliphatic carbocycles. The van der Waals surface area contributed by atoms with Crippen LogP contribution in [-0.4, -0.2) is 37.7 Å². The van der Waals surface area contributed by atoms with E-state index in [9.17, 15) is 4.39 Å². The van der Waals surface area contributed by atoms with Gasteiger partial charge in [0.05, 0.1) is 24.2 Å². The van der Waals surface area contributed by atoms with E-state index in [2.05, 4.69) is 4.99 Å². The lowest BCUT2D eigenvalue weighted by Crippen LogP contribution is -2.38. The maximum atomic E-state index is 13.1. The zero-order valence-electron chi connectivity index (χ0n) is 10.1. The Hall–Kier alpha value is -1.33. The lowest BCUT2D eigenvalue weighted by molar-refractivity contribution is 0.166. The Morgan fingerprint density at radius 3 is 3.06 bits per heavy atom. The number of nitrogens with zero attached hydrogens (tertiary/aromatic N) is 2. The van der Waals surface area contributed by atoms with Crippen LogP contribution in [0.2, 0.25) is 5.02 Å². The number of nitrogens with two attached hydrogens (primary N) is 1. The number of rotatable bonds is 4. The summed E-state index contributed by atoms with van der Waals surface area (Å²) in [6, 6.07) is 4.69. The molecule has 0 radical (unpaired) electrons. The third kappa shape index (κ3) is 2.57. The van der Waals surface area contributed by atoms with E-state index in [0.29, 0.717) is 25.7 Å². The standard InChI is InChI=1S/C12H15ClFN3O/c1-18-5-4-17-11(7-16-12(17)15)8-2-3-10(14)9(13)6-8/h2-3,6,11H,4-5,7H2,1H3,(H2,15,16). The highest BCUT2D eigenvalue weighted by molar-refractivity contribution is 6.30. The minimum absolute atomic E-state index is 0.00162. The summed E-state index contributed by atoms with van der Waals surface area (Å²) in [5, 5.41) is 0.115. The first kappa shape index (κ1) is 13.1. The zero-order chi connectivity index (χ0) is 13.1. The van der Waals surface area contributed by atoms with Crippen LogP contribution in [0.5, 0.6) is 0 Å². The fourth-order valence-corrected chi connectivity index (χ4v) is 2.18. The van der Waals surface area contributed by atoms with Gasteiger partial charge in [0.15, 0.2) is 5.96 Å². The van der Waals surface area contributed by atoms with Crippen LogP contribution < -0.4 is 5.73 Å². The highest BCUT2D eigenvalue weighted by Gasteiger charge is 2.27. The summed E-state index contributed by atoms with van der Waals surface area (Å²) in [7, 11) is 1.63. The van der Waals surface area contributed by atoms with Crippen molar-refractivity contribution < 1.29 is 9.13 Å². The molecule has 4 nitrogen and oxygen atoms in total. The third-order valence-corrected chi connectivity index (χ3v) is 3.25. The van der Waals surface area contributed by atoms with E-state index >= 15 is 0 Å². The molecule has 0 amide bonds. The number of hydrogen-bond acceptors (Lipinski definition) is 4. The molecular formula is C12H15ClFN3O. The fraction of sp³-hybridized carbons (Fsp3) is 0.417. The Bertz CT molecular complexity index is 467. The summed E-state index contributed by atoms with van der Waals surface area (Å²) < 4.78 is 18.2. The van der Waals surface area contributed by atoms with Gasteiger partial charge >= 0.3 is 0 Å². The number of methoxy groups -OCH3 is 1. The monoisotopic (exact) mass is 271 g/mol. The molecule has 1 unspecified atom stereocenters. The molecule has 18 heavy (non-hydrogen) atoms. The lowest BCUT2D eigenvalue weighted by atomic mass is 10.1. The number of guanidine groups is 1. The second kappa shape index (κ2) is 5.54. The van der Waals surface area contributed by atoms with E-state index in [1.807, 2.05) is 4.90 Å². The molecule has 98 valence electrons. The van der Waals surface area contributed by atoms with Crippen molar-refractivity contribution in [2.24, 2.45) is 10.7 Å². The second-order valence-corrected chi connectivity index (χ2v) is 4.48. The van der Waals surface area contributed by atoms with E-state index in [-0.39, 0.29) is 11.1 Å². The minimum Gasteiger partial charge on any atom is -0.383 e. The van der Waals surface area contributed by atoms with E-state index in [4.69, 9.17) is 22.1 Å². The van der Waals surface area contributed by atoms with Crippen molar-refractivity contribution in [2.45, 2.75) is 6.04 Å². The van der Waals surface area contributed by atoms with Gasteiger partial charge in [-0.2, -0.15) is 0 Å². The van der Waals surface area contributed by atoms with Gasteiger partial charge in [0.2, 0.25) is 0 Å². The first-order valence-electron chi connectivity index (χ1n) is 5.64. The van der Waals surface area contributed by atoms with Crippen LogP contribution in [0.25, 0.3) is 0 Å². The molecule has 1 aliphatic heterocycles. The van der Waals surface area contributed by atoms with Gasteiger partial charge in [-0.05, 0) is 17.7 Å². The van der Waals surface area contributed by atoms with Gasteiger partial charge in [-0.3, -0.25) is 4.99 Å². The van der Waals surface area contributed by atoms with Gasteiger partial charge in [0.1, 0.15) is 5.82 Å². The Balaban J connectivity index is 2.19. The summed E-state index contributed by atoms with van der Waals surface area (Å²) in [5.41, 5.74) is 6.73. The maximum absolute atomic E-state index is 13.1. The van der Waals surface area contributed by atoms with Crippen molar-refractivity contribution in [1.29, 1.82) is 0 Å². The van der Waals surface area contributed by atoms with Crippen LogP contribution in [0, 0.1) is 5.82 Å². The smallest absolute Gasteiger partial charge is 0.192 e. The van der Waals surface area contributed by atoms with Gasteiger partial charge in [-0.1, -0.05) is 17.7 Å². The van der Waals surface area contributed by atoms with Gasteiger partial charge in [0.25, 0.3) is 0 Å². The molecule has 1 aromatic rings. The Morgan fingerprint density at radius 1 is 1.61 bits per heavy atom. The van der Waals surface area contributed by atoms with Crippen LogP contribution in [-0.2, 0) is 4.74 Å². The van der Waals surface area contributed by atoms with Gasteiger partial charge in [-0.25, -0.2) is 4.39 Å². The van der Waals surface area contributed by atoms with Crippen LogP contribution in [0.3, 0.4) is 0 Å². The molecule has 2 N–H and O–H groups in total. The largest absolute Gasteiger partial charge is 0.383 e. The summed E-state index contributed by atoms with van der Waals surface area (Å²) in [6.45, 7) is 1.75. The molecule has 6 heteroatoms. The molecule has 2 rings (SSSR count). The summed E-state index contributed by atoms with van der Waals surface area (Å²) in [6.07, 6.45) is 0. The Morgan fingerprint density at radius 2 is 2.39 bits per heavy atom. The highest BCUT2D eigenvalue weighted by Crippen LogP contribution is 2.28. The Kier molecular flexibility index (Phi) is 4.04. The second-order valence-electron chi connectivity index (χ2n) is 4.07. The quantitative estimate of drug-likeness (QED) is 0.908. The van der Waals surface area contributed by atoms with Crippen molar-refractivity contribution >= 4 is 17.6 Å². The number of aliphatic imine (C=N–C) groups is 1. The van der Waals surface area contributed by atoms with Crippen LogP contribution in [0.1, 0.15) is 11.6 Å². The van der Waals surface area contributed by atoms with Crippen molar-refractivity contribution in [3.05, 3.63) is 34.6 Å². The molecular weight excluding hydrogens is 257 g/mol. The Labute approximate surface area is 110 Å². The summed E-state index contributed by atoms with van der Waals surface area (Å²) in [5.74, 6) is 0.0632. The van der Waals surface area contributed by atoms with Crippen LogP contribution in [0.15, 0.2) is 23.2 Å². The average molecular weight is 272 g/mol. The summed E-state index contributed by atoms with van der Waals surface area (Å²) in [4.78, 5) is 6.15. The fourth-order valence-electron chi connectivity index (χ4n) is 1.99. The van der Waals surface area contributed by atoms with Crippen LogP contribution in [0.4, 0.5) is 4.39 Å². The number of benzene rings is 1. The van der Waals surface area contributed by atoms with Crippen LogP contribution >= 0.6 is 11.6 Å². The van der Waals surface area contributed by atoms with E-state index in [0.717, 1.165) is 5.56 Å². The van der Waals surface area contributed by atoms with Crippen molar-refractivity contribution in [3.63, 3.8) is 0 Å². The average Bonchev–Trinajstić information content (AvgIpc) is 2.72. The normalized spacial score (nSPS) is 19.2. The zero-order valence-corrected chi connectivity index (χ0v) is 10.8. The van der Waals surface area contributed by atoms with Gasteiger partial charge < -0.3 is 15.4 Å². The predicted octanol–water partition coefficient (Wildman–Crippen LogP) is 1.80. The minimum atomic E-state index is -0.421. The number of hydrogen-bond donors (Lipinski definition) is 1. The molecule has 1 aliphatic rings.